The summed E-state index contributed by atoms with van der Waals surface area (Å²) in [6.45, 7) is 1.56. The van der Waals surface area contributed by atoms with E-state index >= 15 is 0 Å². The van der Waals surface area contributed by atoms with Crippen LogP contribution < -0.4 is 15.2 Å². The van der Waals surface area contributed by atoms with E-state index in [4.69, 9.17) is 15.2 Å². The fourth-order valence-electron chi connectivity index (χ4n) is 1.98. The molecule has 0 amide bonds. The van der Waals surface area contributed by atoms with E-state index in [9.17, 15) is 9.18 Å². The van der Waals surface area contributed by atoms with Crippen LogP contribution in [0.25, 0.3) is 0 Å². The van der Waals surface area contributed by atoms with Gasteiger partial charge in [0.2, 0.25) is 0 Å². The van der Waals surface area contributed by atoms with Crippen LogP contribution in [0.1, 0.15) is 21.5 Å². The highest BCUT2D eigenvalue weighted by molar-refractivity contribution is 6.11. The minimum absolute atomic E-state index is 0.169. The first-order valence-electron chi connectivity index (χ1n) is 6.30. The van der Waals surface area contributed by atoms with Crippen molar-refractivity contribution in [2.45, 2.75) is 6.92 Å². The summed E-state index contributed by atoms with van der Waals surface area (Å²) in [5, 5.41) is 0. The third kappa shape index (κ3) is 2.81. The third-order valence-electron chi connectivity index (χ3n) is 3.30. The topological polar surface area (TPSA) is 61.5 Å². The van der Waals surface area contributed by atoms with Crippen molar-refractivity contribution in [3.63, 3.8) is 0 Å². The van der Waals surface area contributed by atoms with E-state index in [0.29, 0.717) is 22.6 Å². The first-order valence-corrected chi connectivity index (χ1v) is 6.30. The van der Waals surface area contributed by atoms with Gasteiger partial charge in [-0.05, 0) is 37.3 Å². The van der Waals surface area contributed by atoms with E-state index in [-0.39, 0.29) is 17.0 Å². The van der Waals surface area contributed by atoms with Crippen molar-refractivity contribution >= 4 is 11.5 Å². The number of carbonyl (C=O) groups is 1. The number of hydrogen-bond donors (Lipinski definition) is 1. The quantitative estimate of drug-likeness (QED) is 0.694. The number of nitrogens with two attached hydrogens (primary N) is 1. The molecule has 5 heteroatoms. The van der Waals surface area contributed by atoms with Gasteiger partial charge in [-0.25, -0.2) is 4.39 Å². The van der Waals surface area contributed by atoms with E-state index < -0.39 is 5.82 Å². The number of nitrogen functional groups attached to an aromatic ring is 1. The molecule has 2 aromatic carbocycles. The SMILES string of the molecule is COc1ccc(OC)c(C(=O)c2cc(N)c(C)c(F)c2)c1. The van der Waals surface area contributed by atoms with Crippen molar-refractivity contribution in [2.24, 2.45) is 0 Å². The largest absolute Gasteiger partial charge is 0.497 e. The van der Waals surface area contributed by atoms with E-state index in [0.717, 1.165) is 0 Å². The highest BCUT2D eigenvalue weighted by Crippen LogP contribution is 2.28. The Morgan fingerprint density at radius 1 is 1.14 bits per heavy atom. The number of benzene rings is 2. The zero-order valence-electron chi connectivity index (χ0n) is 12.1. The van der Waals surface area contributed by atoms with E-state index in [1.165, 1.54) is 26.4 Å². The van der Waals surface area contributed by atoms with Gasteiger partial charge in [0.15, 0.2) is 5.78 Å². The molecule has 0 bridgehead atoms. The predicted molar refractivity (Wildman–Crippen MR) is 78.5 cm³/mol. The molecule has 110 valence electrons. The summed E-state index contributed by atoms with van der Waals surface area (Å²) in [5.74, 6) is 0.0108. The number of rotatable bonds is 4. The van der Waals surface area contributed by atoms with E-state index in [2.05, 4.69) is 0 Å². The lowest BCUT2D eigenvalue weighted by Gasteiger charge is -2.11. The predicted octanol–water partition coefficient (Wildman–Crippen LogP) is 2.96. The molecule has 21 heavy (non-hydrogen) atoms. The summed E-state index contributed by atoms with van der Waals surface area (Å²) >= 11 is 0. The molecule has 4 nitrogen and oxygen atoms in total. The van der Waals surface area contributed by atoms with Gasteiger partial charge >= 0.3 is 0 Å². The maximum atomic E-state index is 13.8. The van der Waals surface area contributed by atoms with Crippen molar-refractivity contribution in [2.75, 3.05) is 20.0 Å². The molecule has 0 saturated carbocycles. The lowest BCUT2D eigenvalue weighted by atomic mass is 10.00. The van der Waals surface area contributed by atoms with Crippen molar-refractivity contribution < 1.29 is 18.7 Å². The molecule has 0 atom stereocenters. The van der Waals surface area contributed by atoms with Crippen LogP contribution in [0.15, 0.2) is 30.3 Å². The summed E-state index contributed by atoms with van der Waals surface area (Å²) in [6.07, 6.45) is 0. The molecule has 0 aliphatic rings. The molecule has 0 aliphatic heterocycles. The Kier molecular flexibility index (Phi) is 4.12. The molecular weight excluding hydrogens is 273 g/mol. The van der Waals surface area contributed by atoms with E-state index in [1.54, 1.807) is 25.1 Å². The molecule has 2 N–H and O–H groups in total. The molecule has 0 aromatic heterocycles. The van der Waals surface area contributed by atoms with E-state index in [1.807, 2.05) is 0 Å². The molecule has 0 heterocycles. The van der Waals surface area contributed by atoms with Gasteiger partial charge < -0.3 is 15.2 Å². The molecule has 0 radical (unpaired) electrons. The van der Waals surface area contributed by atoms with Crippen molar-refractivity contribution in [3.05, 3.63) is 52.8 Å². The second-order valence-corrected chi connectivity index (χ2v) is 4.57. The number of anilines is 1. The third-order valence-corrected chi connectivity index (χ3v) is 3.30. The molecule has 0 aliphatic carbocycles. The second kappa shape index (κ2) is 5.83. The summed E-state index contributed by atoms with van der Waals surface area (Å²) in [7, 11) is 2.96. The highest BCUT2D eigenvalue weighted by Gasteiger charge is 2.18. The van der Waals surface area contributed by atoms with Crippen LogP contribution >= 0.6 is 0 Å². The van der Waals surface area contributed by atoms with Gasteiger partial charge in [-0.15, -0.1) is 0 Å². The summed E-state index contributed by atoms with van der Waals surface area (Å²) < 4.78 is 24.0. The van der Waals surface area contributed by atoms with Gasteiger partial charge in [0.25, 0.3) is 0 Å². The van der Waals surface area contributed by atoms with Crippen molar-refractivity contribution in [1.82, 2.24) is 0 Å². The molecule has 0 saturated heterocycles. The molecule has 2 aromatic rings. The Morgan fingerprint density at radius 2 is 1.86 bits per heavy atom. The number of halogens is 1. The average molecular weight is 289 g/mol. The number of ether oxygens (including phenoxy) is 2. The zero-order valence-corrected chi connectivity index (χ0v) is 12.1. The van der Waals surface area contributed by atoms with Crippen LogP contribution in [0.3, 0.4) is 0 Å². The number of ketones is 1. The maximum Gasteiger partial charge on any atom is 0.197 e. The maximum absolute atomic E-state index is 13.8. The Morgan fingerprint density at radius 3 is 2.43 bits per heavy atom. The Hall–Kier alpha value is -2.56. The monoisotopic (exact) mass is 289 g/mol. The fourth-order valence-corrected chi connectivity index (χ4v) is 1.98. The van der Waals surface area contributed by atoms with Gasteiger partial charge in [-0.1, -0.05) is 0 Å². The molecule has 2 rings (SSSR count). The summed E-state index contributed by atoms with van der Waals surface area (Å²) in [4.78, 5) is 12.6. The van der Waals surface area contributed by atoms with Crippen LogP contribution in [-0.2, 0) is 0 Å². The Bertz CT molecular complexity index is 675. The highest BCUT2D eigenvalue weighted by atomic mass is 19.1. The molecule has 0 unspecified atom stereocenters. The first kappa shape index (κ1) is 14.8. The Balaban J connectivity index is 2.54. The zero-order chi connectivity index (χ0) is 15.6. The lowest BCUT2D eigenvalue weighted by molar-refractivity contribution is 0.103. The van der Waals surface area contributed by atoms with Crippen LogP contribution in [0.2, 0.25) is 0 Å². The van der Waals surface area contributed by atoms with Gasteiger partial charge in [0.05, 0.1) is 19.8 Å². The number of methoxy groups -OCH3 is 2. The molecule has 0 fully saturated rings. The molecule has 0 spiro atoms. The smallest absolute Gasteiger partial charge is 0.197 e. The summed E-state index contributed by atoms with van der Waals surface area (Å²) in [6, 6.07) is 7.49. The standard InChI is InChI=1S/C16H16FNO3/c1-9-13(17)6-10(7-14(9)18)16(19)12-8-11(20-2)4-5-15(12)21-3/h4-8H,18H2,1-3H3. The number of carbonyl (C=O) groups excluding carboxylic acids is 1. The van der Waals surface area contributed by atoms with Gasteiger partial charge in [0.1, 0.15) is 17.3 Å². The normalized spacial score (nSPS) is 10.3. The average Bonchev–Trinajstić information content (AvgIpc) is 2.50. The van der Waals surface area contributed by atoms with Crippen LogP contribution in [0.4, 0.5) is 10.1 Å². The van der Waals surface area contributed by atoms with Gasteiger partial charge in [-0.3, -0.25) is 4.79 Å². The summed E-state index contributed by atoms with van der Waals surface area (Å²) in [5.41, 5.74) is 6.74. The van der Waals surface area contributed by atoms with Gasteiger partial charge in [0, 0.05) is 16.8 Å². The van der Waals surface area contributed by atoms with Crippen molar-refractivity contribution in [3.8, 4) is 11.5 Å². The van der Waals surface area contributed by atoms with Gasteiger partial charge in [-0.2, -0.15) is 0 Å². The minimum Gasteiger partial charge on any atom is -0.497 e. The van der Waals surface area contributed by atoms with Crippen LogP contribution in [-0.4, -0.2) is 20.0 Å². The first-order chi connectivity index (χ1) is 9.97. The second-order valence-electron chi connectivity index (χ2n) is 4.57. The fraction of sp³-hybridized carbons (Fsp3) is 0.188. The minimum atomic E-state index is -0.514. The van der Waals surface area contributed by atoms with Crippen molar-refractivity contribution in [1.29, 1.82) is 0 Å². The number of hydrogen-bond acceptors (Lipinski definition) is 4. The Labute approximate surface area is 122 Å². The van der Waals surface area contributed by atoms with Crippen LogP contribution in [0.5, 0.6) is 11.5 Å². The molecular formula is C16H16FNO3. The van der Waals surface area contributed by atoms with Crippen LogP contribution in [0, 0.1) is 12.7 Å². The lowest BCUT2D eigenvalue weighted by Crippen LogP contribution is -2.07.